The summed E-state index contributed by atoms with van der Waals surface area (Å²) in [6.07, 6.45) is 0. The number of phenolic OH excluding ortho intramolecular Hbond substituents is 2. The first-order valence-electron chi connectivity index (χ1n) is 15.8. The third-order valence-electron chi connectivity index (χ3n) is 8.51. The van der Waals surface area contributed by atoms with Crippen molar-refractivity contribution in [1.82, 2.24) is 10.6 Å². The molecule has 0 unspecified atom stereocenters. The van der Waals surface area contributed by atoms with E-state index in [1.165, 1.54) is 84.9 Å². The van der Waals surface area contributed by atoms with Gasteiger partial charge in [0.25, 0.3) is 32.1 Å². The first kappa shape index (κ1) is 37.2. The summed E-state index contributed by atoms with van der Waals surface area (Å²) in [5.74, 6) is -2.25. The summed E-state index contributed by atoms with van der Waals surface area (Å²) in [6, 6.07) is 21.0. The van der Waals surface area contributed by atoms with Crippen LogP contribution in [0.2, 0.25) is 0 Å². The Hall–Kier alpha value is -6.53. The zero-order valence-corrected chi connectivity index (χ0v) is 29.8. The van der Waals surface area contributed by atoms with E-state index < -0.39 is 47.9 Å². The van der Waals surface area contributed by atoms with Gasteiger partial charge < -0.3 is 20.8 Å². The Morgan fingerprint density at radius 1 is 0.519 bits per heavy atom. The minimum Gasteiger partial charge on any atom is -0.507 e. The Labute approximate surface area is 307 Å². The minimum absolute atomic E-state index is 0.000815. The van der Waals surface area contributed by atoms with Crippen molar-refractivity contribution in [3.05, 3.63) is 119 Å². The number of fused-ring (bicyclic) bond motifs is 2. The second-order valence-electron chi connectivity index (χ2n) is 12.1. The van der Waals surface area contributed by atoms with E-state index >= 15 is 0 Å². The zero-order chi connectivity index (χ0) is 39.1. The lowest BCUT2D eigenvalue weighted by molar-refractivity contribution is 0.0944. The maximum absolute atomic E-state index is 13.1. The van der Waals surface area contributed by atoms with Crippen LogP contribution in [0.5, 0.6) is 11.5 Å². The SMILES string of the molecule is Cc1ccc(C(=O)NC(=O)NC(=O)c2ccc(C)c(Nc3ccc(O)c4cccc(S(=O)(=O)O)c34)c2)cc1Nc1ccc(O)c2cccc(S(=O)(=O)O)c12. The average molecular weight is 771 g/mol. The number of benzene rings is 6. The van der Waals surface area contributed by atoms with Crippen molar-refractivity contribution in [2.45, 2.75) is 23.6 Å². The maximum atomic E-state index is 13.1. The van der Waals surface area contributed by atoms with Crippen LogP contribution in [0.4, 0.5) is 27.5 Å². The minimum atomic E-state index is -4.70. The quantitative estimate of drug-likeness (QED) is 0.0628. The normalized spacial score (nSPS) is 11.6. The van der Waals surface area contributed by atoms with E-state index in [1.54, 1.807) is 26.0 Å². The second-order valence-corrected chi connectivity index (χ2v) is 14.9. The van der Waals surface area contributed by atoms with E-state index in [2.05, 4.69) is 21.3 Å². The van der Waals surface area contributed by atoms with Crippen molar-refractivity contribution in [3.8, 4) is 11.5 Å². The number of hydrogen-bond donors (Lipinski definition) is 8. The molecular weight excluding hydrogens is 741 g/mol. The van der Waals surface area contributed by atoms with Crippen molar-refractivity contribution in [2.75, 3.05) is 10.6 Å². The molecule has 4 amide bonds. The molecule has 54 heavy (non-hydrogen) atoms. The molecule has 0 saturated carbocycles. The fourth-order valence-corrected chi connectivity index (χ4v) is 7.28. The van der Waals surface area contributed by atoms with Crippen LogP contribution >= 0.6 is 0 Å². The van der Waals surface area contributed by atoms with Gasteiger partial charge in [-0.25, -0.2) is 4.79 Å². The van der Waals surface area contributed by atoms with E-state index in [9.17, 15) is 50.5 Å². The van der Waals surface area contributed by atoms with Gasteiger partial charge in [0.2, 0.25) is 0 Å². The van der Waals surface area contributed by atoms with Gasteiger partial charge in [-0.05, 0) is 85.6 Å². The molecule has 0 radical (unpaired) electrons. The Balaban J connectivity index is 1.20. The molecule has 8 N–H and O–H groups in total. The van der Waals surface area contributed by atoms with Gasteiger partial charge in [0.05, 0.1) is 0 Å². The highest BCUT2D eigenvalue weighted by Gasteiger charge is 2.22. The Morgan fingerprint density at radius 2 is 0.907 bits per heavy atom. The Morgan fingerprint density at radius 3 is 1.28 bits per heavy atom. The van der Waals surface area contributed by atoms with Gasteiger partial charge in [-0.1, -0.05) is 36.4 Å². The molecule has 0 aromatic heterocycles. The van der Waals surface area contributed by atoms with Crippen molar-refractivity contribution in [2.24, 2.45) is 0 Å². The van der Waals surface area contributed by atoms with Gasteiger partial charge in [-0.3, -0.25) is 29.3 Å². The number of nitrogens with one attached hydrogen (secondary N) is 4. The van der Waals surface area contributed by atoms with Gasteiger partial charge in [-0.15, -0.1) is 0 Å². The molecule has 276 valence electrons. The molecule has 0 aliphatic heterocycles. The average Bonchev–Trinajstić information content (AvgIpc) is 3.11. The number of urea groups is 1. The molecular formula is C37H30N4O11S2. The summed E-state index contributed by atoms with van der Waals surface area (Å²) >= 11 is 0. The number of aromatic hydroxyl groups is 2. The topological polar surface area (TPSA) is 249 Å². The molecule has 0 heterocycles. The third-order valence-corrected chi connectivity index (χ3v) is 10.3. The number of rotatable bonds is 8. The van der Waals surface area contributed by atoms with Crippen molar-refractivity contribution < 1.29 is 50.5 Å². The first-order valence-corrected chi connectivity index (χ1v) is 18.7. The lowest BCUT2D eigenvalue weighted by Crippen LogP contribution is -2.42. The van der Waals surface area contributed by atoms with Crippen molar-refractivity contribution in [1.29, 1.82) is 0 Å². The molecule has 6 aromatic rings. The number of hydrogen-bond acceptors (Lipinski definition) is 11. The highest BCUT2D eigenvalue weighted by molar-refractivity contribution is 7.86. The smallest absolute Gasteiger partial charge is 0.328 e. The van der Waals surface area contributed by atoms with Gasteiger partial charge in [0, 0.05) is 55.4 Å². The number of aryl methyl sites for hydroxylation is 2. The van der Waals surface area contributed by atoms with Crippen molar-refractivity contribution >= 4 is 82.4 Å². The van der Waals surface area contributed by atoms with Gasteiger partial charge in [0.15, 0.2) is 0 Å². The molecule has 6 aromatic carbocycles. The van der Waals surface area contributed by atoms with Crippen LogP contribution in [0.15, 0.2) is 107 Å². The molecule has 0 aliphatic rings. The molecule has 6 rings (SSSR count). The number of carbonyl (C=O) groups excluding carboxylic acids is 3. The summed E-state index contributed by atoms with van der Waals surface area (Å²) in [4.78, 5) is 38.1. The predicted octanol–water partition coefficient (Wildman–Crippen LogP) is 6.28. The highest BCUT2D eigenvalue weighted by atomic mass is 32.2. The van der Waals surface area contributed by atoms with Crippen LogP contribution in [0, 0.1) is 13.8 Å². The zero-order valence-electron chi connectivity index (χ0n) is 28.2. The van der Waals surface area contributed by atoms with Crippen LogP contribution in [-0.4, -0.2) is 54.0 Å². The van der Waals surface area contributed by atoms with Gasteiger partial charge >= 0.3 is 6.03 Å². The van der Waals surface area contributed by atoms with Crippen molar-refractivity contribution in [3.63, 3.8) is 0 Å². The highest BCUT2D eigenvalue weighted by Crippen LogP contribution is 2.39. The predicted molar refractivity (Wildman–Crippen MR) is 200 cm³/mol. The summed E-state index contributed by atoms with van der Waals surface area (Å²) in [5.41, 5.74) is 2.19. The molecule has 0 saturated heterocycles. The van der Waals surface area contributed by atoms with E-state index in [0.29, 0.717) is 22.5 Å². The molecule has 0 aliphatic carbocycles. The van der Waals surface area contributed by atoms with Gasteiger partial charge in [-0.2, -0.15) is 16.8 Å². The van der Waals surface area contributed by atoms with Crippen LogP contribution in [0.3, 0.4) is 0 Å². The van der Waals surface area contributed by atoms with E-state index in [-0.39, 0.29) is 55.5 Å². The first-order chi connectivity index (χ1) is 25.4. The number of imide groups is 2. The van der Waals surface area contributed by atoms with Crippen LogP contribution in [-0.2, 0) is 20.2 Å². The summed E-state index contributed by atoms with van der Waals surface area (Å²) in [7, 11) is -9.40. The lowest BCUT2D eigenvalue weighted by atomic mass is 10.1. The lowest BCUT2D eigenvalue weighted by Gasteiger charge is -2.16. The summed E-state index contributed by atoms with van der Waals surface area (Å²) < 4.78 is 68.2. The molecule has 0 atom stereocenters. The van der Waals surface area contributed by atoms with E-state index in [0.717, 1.165) is 0 Å². The third kappa shape index (κ3) is 7.50. The standard InChI is InChI=1S/C37H30N4O11S2/c1-19-9-11-21(17-27(19)38-25-13-15-29(42)23-5-3-7-31(33(23)25)53(47,48)49)35(44)40-37(46)41-36(45)22-12-10-20(2)28(18-22)39-26-14-16-30(43)24-6-4-8-32(34(24)26)54(50,51)52/h3-18,38-39,42-43H,1-2H3,(H,47,48,49)(H,50,51,52)(H2,40,41,44,45,46). The van der Waals surface area contributed by atoms with Crippen LogP contribution in [0.25, 0.3) is 21.5 Å². The largest absolute Gasteiger partial charge is 0.507 e. The van der Waals surface area contributed by atoms with Gasteiger partial charge in [0.1, 0.15) is 21.3 Å². The number of anilines is 4. The Kier molecular flexibility index (Phi) is 9.74. The molecule has 0 spiro atoms. The second kappa shape index (κ2) is 14.1. The molecule has 17 heteroatoms. The van der Waals surface area contributed by atoms with Crippen LogP contribution < -0.4 is 21.3 Å². The fraction of sp³-hybridized carbons (Fsp3) is 0.0541. The Bertz CT molecular complexity index is 2600. The monoisotopic (exact) mass is 770 g/mol. The molecule has 15 nitrogen and oxygen atoms in total. The van der Waals surface area contributed by atoms with E-state index in [1.807, 2.05) is 0 Å². The number of carbonyl (C=O) groups is 3. The maximum Gasteiger partial charge on any atom is 0.328 e. The fourth-order valence-electron chi connectivity index (χ4n) is 5.82. The summed E-state index contributed by atoms with van der Waals surface area (Å²) in [5, 5.41) is 31.2. The summed E-state index contributed by atoms with van der Waals surface area (Å²) in [6.45, 7) is 3.40. The molecule has 0 fully saturated rings. The van der Waals surface area contributed by atoms with Crippen LogP contribution in [0.1, 0.15) is 31.8 Å². The number of amides is 4. The van der Waals surface area contributed by atoms with E-state index in [4.69, 9.17) is 0 Å². The molecule has 0 bridgehead atoms. The number of phenols is 2.